The Morgan fingerprint density at radius 2 is 1.87 bits per heavy atom. The van der Waals surface area contributed by atoms with Gasteiger partial charge in [-0.05, 0) is 26.0 Å². The average molecular weight is 227 g/mol. The van der Waals surface area contributed by atoms with E-state index in [1.165, 1.54) is 0 Å². The molecule has 1 aromatic rings. The molecule has 0 aliphatic carbocycles. The maximum absolute atomic E-state index is 11.8. The molecule has 0 unspecified atom stereocenters. The van der Waals surface area contributed by atoms with Gasteiger partial charge in [-0.3, -0.25) is 0 Å². The molecule has 1 rings (SSSR count). The molecular formula is C11H17NO2S. The lowest BCUT2D eigenvalue weighted by atomic mass is 10.3. The van der Waals surface area contributed by atoms with Gasteiger partial charge in [-0.1, -0.05) is 19.1 Å². The fraction of sp³-hybridized carbons (Fsp3) is 0.455. The maximum Gasteiger partial charge on any atom is 0.180 e. The van der Waals surface area contributed by atoms with E-state index in [2.05, 4.69) is 5.32 Å². The maximum atomic E-state index is 11.8. The molecule has 1 aromatic carbocycles. The van der Waals surface area contributed by atoms with E-state index >= 15 is 0 Å². The number of sulfone groups is 1. The summed E-state index contributed by atoms with van der Waals surface area (Å²) >= 11 is 0. The molecule has 3 nitrogen and oxygen atoms in total. The monoisotopic (exact) mass is 227 g/mol. The highest BCUT2D eigenvalue weighted by Crippen LogP contribution is 2.22. The number of rotatable bonds is 4. The minimum absolute atomic E-state index is 0.129. The first-order valence-electron chi connectivity index (χ1n) is 5.05. The second-order valence-corrected chi connectivity index (χ2v) is 5.95. The Hall–Kier alpha value is -1.03. The molecule has 0 heterocycles. The number of para-hydroxylation sites is 1. The molecule has 0 spiro atoms. The minimum atomic E-state index is -3.14. The van der Waals surface area contributed by atoms with Gasteiger partial charge in [0.25, 0.3) is 0 Å². The Morgan fingerprint density at radius 1 is 1.27 bits per heavy atom. The molecule has 0 amide bonds. The average Bonchev–Trinajstić information content (AvgIpc) is 2.17. The second-order valence-electron chi connectivity index (χ2n) is 3.70. The first-order valence-corrected chi connectivity index (χ1v) is 6.71. The van der Waals surface area contributed by atoms with E-state index in [4.69, 9.17) is 0 Å². The van der Waals surface area contributed by atoms with Crippen LogP contribution in [0.2, 0.25) is 0 Å². The van der Waals surface area contributed by atoms with Crippen LogP contribution in [0.15, 0.2) is 29.2 Å². The van der Waals surface area contributed by atoms with Crippen LogP contribution in [0, 0.1) is 0 Å². The molecule has 0 bridgehead atoms. The zero-order valence-corrected chi connectivity index (χ0v) is 10.1. The normalized spacial score (nSPS) is 11.7. The molecule has 84 valence electrons. The molecule has 0 aromatic heterocycles. The largest absolute Gasteiger partial charge is 0.382 e. The predicted molar refractivity (Wildman–Crippen MR) is 62.9 cm³/mol. The summed E-state index contributed by atoms with van der Waals surface area (Å²) in [5.74, 6) is 0.129. The summed E-state index contributed by atoms with van der Waals surface area (Å²) < 4.78 is 23.5. The van der Waals surface area contributed by atoms with Crippen molar-refractivity contribution < 1.29 is 8.42 Å². The van der Waals surface area contributed by atoms with Gasteiger partial charge in [0.15, 0.2) is 9.84 Å². The zero-order chi connectivity index (χ0) is 11.5. The van der Waals surface area contributed by atoms with Crippen molar-refractivity contribution in [2.24, 2.45) is 0 Å². The lowest BCUT2D eigenvalue weighted by Crippen LogP contribution is -2.14. The Morgan fingerprint density at radius 3 is 2.40 bits per heavy atom. The first-order chi connectivity index (χ1) is 6.97. The van der Waals surface area contributed by atoms with E-state index < -0.39 is 9.84 Å². The van der Waals surface area contributed by atoms with E-state index in [-0.39, 0.29) is 11.8 Å². The van der Waals surface area contributed by atoms with Gasteiger partial charge in [0.05, 0.1) is 16.3 Å². The molecule has 0 atom stereocenters. The van der Waals surface area contributed by atoms with Gasteiger partial charge >= 0.3 is 0 Å². The summed E-state index contributed by atoms with van der Waals surface area (Å²) in [5.41, 5.74) is 0.689. The van der Waals surface area contributed by atoms with E-state index in [0.29, 0.717) is 10.6 Å². The van der Waals surface area contributed by atoms with Crippen molar-refractivity contribution in [3.05, 3.63) is 24.3 Å². The SMILES string of the molecule is CCS(=O)(=O)c1ccccc1NC(C)C. The second kappa shape index (κ2) is 4.66. The smallest absolute Gasteiger partial charge is 0.180 e. The van der Waals surface area contributed by atoms with Gasteiger partial charge in [0, 0.05) is 6.04 Å². The third-order valence-electron chi connectivity index (χ3n) is 2.05. The van der Waals surface area contributed by atoms with Crippen LogP contribution in [0.1, 0.15) is 20.8 Å². The van der Waals surface area contributed by atoms with Crippen LogP contribution in [-0.4, -0.2) is 20.2 Å². The van der Waals surface area contributed by atoms with Gasteiger partial charge < -0.3 is 5.32 Å². The van der Waals surface area contributed by atoms with Crippen LogP contribution in [0.4, 0.5) is 5.69 Å². The number of hydrogen-bond acceptors (Lipinski definition) is 3. The number of anilines is 1. The summed E-state index contributed by atoms with van der Waals surface area (Å²) in [6.07, 6.45) is 0. The zero-order valence-electron chi connectivity index (χ0n) is 9.32. The molecule has 0 radical (unpaired) electrons. The molecular weight excluding hydrogens is 210 g/mol. The van der Waals surface area contributed by atoms with Gasteiger partial charge in [-0.15, -0.1) is 0 Å². The minimum Gasteiger partial charge on any atom is -0.382 e. The summed E-state index contributed by atoms with van der Waals surface area (Å²) in [6, 6.07) is 7.23. The topological polar surface area (TPSA) is 46.2 Å². The molecule has 1 N–H and O–H groups in total. The molecule has 0 fully saturated rings. The number of benzene rings is 1. The highest BCUT2D eigenvalue weighted by atomic mass is 32.2. The molecule has 15 heavy (non-hydrogen) atoms. The van der Waals surface area contributed by atoms with Crippen LogP contribution in [0.25, 0.3) is 0 Å². The van der Waals surface area contributed by atoms with E-state index in [1.807, 2.05) is 19.9 Å². The van der Waals surface area contributed by atoms with Crippen LogP contribution >= 0.6 is 0 Å². The summed E-state index contributed by atoms with van der Waals surface area (Å²) in [7, 11) is -3.14. The van der Waals surface area contributed by atoms with E-state index in [9.17, 15) is 8.42 Å². The first kappa shape index (κ1) is 12.0. The van der Waals surface area contributed by atoms with E-state index in [1.54, 1.807) is 25.1 Å². The van der Waals surface area contributed by atoms with Gasteiger partial charge in [0.2, 0.25) is 0 Å². The van der Waals surface area contributed by atoms with Crippen molar-refractivity contribution in [1.82, 2.24) is 0 Å². The van der Waals surface area contributed by atoms with Gasteiger partial charge in [-0.2, -0.15) is 0 Å². The molecule has 0 aliphatic rings. The summed E-state index contributed by atoms with van der Waals surface area (Å²) in [4.78, 5) is 0.390. The number of hydrogen-bond donors (Lipinski definition) is 1. The third kappa shape index (κ3) is 2.96. The molecule has 0 saturated heterocycles. The highest BCUT2D eigenvalue weighted by Gasteiger charge is 2.15. The molecule has 0 saturated carbocycles. The standard InChI is InChI=1S/C11H17NO2S/c1-4-15(13,14)11-8-6-5-7-10(11)12-9(2)3/h5-9,12H,4H2,1-3H3. The summed E-state index contributed by atoms with van der Waals surface area (Å²) in [5, 5.41) is 3.13. The van der Waals surface area contributed by atoms with Gasteiger partial charge in [-0.25, -0.2) is 8.42 Å². The van der Waals surface area contributed by atoms with Crippen LogP contribution < -0.4 is 5.32 Å². The predicted octanol–water partition coefficient (Wildman–Crippen LogP) is 2.30. The fourth-order valence-electron chi connectivity index (χ4n) is 1.32. The molecule has 0 aliphatic heterocycles. The number of nitrogens with one attached hydrogen (secondary N) is 1. The van der Waals surface area contributed by atoms with Crippen molar-refractivity contribution in [2.75, 3.05) is 11.1 Å². The van der Waals surface area contributed by atoms with Crippen molar-refractivity contribution >= 4 is 15.5 Å². The van der Waals surface area contributed by atoms with Crippen LogP contribution in [0.3, 0.4) is 0 Å². The quantitative estimate of drug-likeness (QED) is 0.858. The third-order valence-corrected chi connectivity index (χ3v) is 3.83. The lowest BCUT2D eigenvalue weighted by molar-refractivity contribution is 0.597. The Kier molecular flexibility index (Phi) is 3.74. The van der Waals surface area contributed by atoms with Crippen LogP contribution in [0.5, 0.6) is 0 Å². The van der Waals surface area contributed by atoms with Crippen LogP contribution in [-0.2, 0) is 9.84 Å². The summed E-state index contributed by atoms with van der Waals surface area (Å²) in [6.45, 7) is 5.62. The van der Waals surface area contributed by atoms with Gasteiger partial charge in [0.1, 0.15) is 0 Å². The van der Waals surface area contributed by atoms with Crippen molar-refractivity contribution in [2.45, 2.75) is 31.7 Å². The highest BCUT2D eigenvalue weighted by molar-refractivity contribution is 7.91. The van der Waals surface area contributed by atoms with E-state index in [0.717, 1.165) is 0 Å². The Balaban J connectivity index is 3.18. The Labute approximate surface area is 91.4 Å². The van der Waals surface area contributed by atoms with Crippen molar-refractivity contribution in [1.29, 1.82) is 0 Å². The fourth-order valence-corrected chi connectivity index (χ4v) is 2.38. The molecule has 4 heteroatoms. The Bertz CT molecular complexity index is 424. The van der Waals surface area contributed by atoms with Crippen molar-refractivity contribution in [3.8, 4) is 0 Å². The lowest BCUT2D eigenvalue weighted by Gasteiger charge is -2.14. The van der Waals surface area contributed by atoms with Crippen molar-refractivity contribution in [3.63, 3.8) is 0 Å².